The fourth-order valence-corrected chi connectivity index (χ4v) is 2.72. The molecule has 0 aromatic heterocycles. The van der Waals surface area contributed by atoms with Crippen LogP contribution in [0.25, 0.3) is 0 Å². The minimum absolute atomic E-state index is 0.0434. The number of carbonyl (C=O) groups is 2. The van der Waals surface area contributed by atoms with E-state index >= 15 is 0 Å². The standard InChI is InChI=1S/C12H11N3O4S/c13-12-15-10(16)4-9(20-12)11(17)14-6-1-2-7-8(3-6)19-5-18-7/h1-3,9H,4-5H2,(H,14,17)(H2,13,15,16)/t9-/m1/s1. The third-order valence-corrected chi connectivity index (χ3v) is 3.79. The molecule has 0 radical (unpaired) electrons. The average molecular weight is 293 g/mol. The Hall–Kier alpha value is -2.22. The number of hydrogen-bond donors (Lipinski definition) is 2. The number of thioether (sulfide) groups is 1. The van der Waals surface area contributed by atoms with Gasteiger partial charge in [0.15, 0.2) is 16.7 Å². The quantitative estimate of drug-likeness (QED) is 0.832. The lowest BCUT2D eigenvalue weighted by Gasteiger charge is -2.17. The molecular formula is C12H11N3O4S. The van der Waals surface area contributed by atoms with Gasteiger partial charge in [-0.1, -0.05) is 11.8 Å². The molecule has 0 bridgehead atoms. The first-order valence-corrected chi connectivity index (χ1v) is 6.74. The molecule has 3 N–H and O–H groups in total. The van der Waals surface area contributed by atoms with Crippen molar-refractivity contribution in [2.75, 3.05) is 12.1 Å². The highest BCUT2D eigenvalue weighted by Gasteiger charge is 2.28. The van der Waals surface area contributed by atoms with E-state index in [2.05, 4.69) is 10.3 Å². The second-order valence-electron chi connectivity index (χ2n) is 4.21. The normalized spacial score (nSPS) is 20.5. The molecule has 0 spiro atoms. The maximum Gasteiger partial charge on any atom is 0.249 e. The van der Waals surface area contributed by atoms with Gasteiger partial charge in [-0.3, -0.25) is 9.59 Å². The third kappa shape index (κ3) is 2.55. The number of nitrogens with two attached hydrogens (primary N) is 1. The Kier molecular flexibility index (Phi) is 3.23. The third-order valence-electron chi connectivity index (χ3n) is 2.79. The lowest BCUT2D eigenvalue weighted by molar-refractivity contribution is -0.121. The minimum atomic E-state index is -0.564. The van der Waals surface area contributed by atoms with E-state index in [9.17, 15) is 9.59 Å². The van der Waals surface area contributed by atoms with Crippen molar-refractivity contribution in [3.05, 3.63) is 18.2 Å². The number of benzene rings is 1. The van der Waals surface area contributed by atoms with Crippen molar-refractivity contribution in [2.45, 2.75) is 11.7 Å². The van der Waals surface area contributed by atoms with Gasteiger partial charge < -0.3 is 20.5 Å². The number of nitrogens with zero attached hydrogens (tertiary/aromatic N) is 1. The fraction of sp³-hybridized carbons (Fsp3) is 0.250. The van der Waals surface area contributed by atoms with E-state index in [1.54, 1.807) is 18.2 Å². The largest absolute Gasteiger partial charge is 0.454 e. The van der Waals surface area contributed by atoms with Crippen molar-refractivity contribution >= 4 is 34.4 Å². The lowest BCUT2D eigenvalue weighted by atomic mass is 10.2. The van der Waals surface area contributed by atoms with Crippen LogP contribution in [-0.4, -0.2) is 29.0 Å². The molecule has 104 valence electrons. The highest BCUT2D eigenvalue weighted by molar-refractivity contribution is 8.15. The molecule has 2 heterocycles. The van der Waals surface area contributed by atoms with Crippen LogP contribution in [0.4, 0.5) is 5.69 Å². The molecular weight excluding hydrogens is 282 g/mol. The molecule has 0 saturated carbocycles. The molecule has 1 aromatic carbocycles. The van der Waals surface area contributed by atoms with Gasteiger partial charge >= 0.3 is 0 Å². The van der Waals surface area contributed by atoms with Gasteiger partial charge in [0.25, 0.3) is 0 Å². The van der Waals surface area contributed by atoms with Crippen LogP contribution in [0.2, 0.25) is 0 Å². The van der Waals surface area contributed by atoms with Gasteiger partial charge in [-0.2, -0.15) is 4.99 Å². The summed E-state index contributed by atoms with van der Waals surface area (Å²) >= 11 is 1.08. The highest BCUT2D eigenvalue weighted by Crippen LogP contribution is 2.34. The Morgan fingerprint density at radius 2 is 2.20 bits per heavy atom. The first-order valence-electron chi connectivity index (χ1n) is 5.86. The number of nitrogens with one attached hydrogen (secondary N) is 1. The highest BCUT2D eigenvalue weighted by atomic mass is 32.2. The molecule has 2 aliphatic rings. The van der Waals surface area contributed by atoms with Crippen molar-refractivity contribution in [3.63, 3.8) is 0 Å². The molecule has 2 aliphatic heterocycles. The number of anilines is 1. The number of hydrogen-bond acceptors (Lipinski definition) is 6. The van der Waals surface area contributed by atoms with E-state index in [0.29, 0.717) is 17.2 Å². The first-order chi connectivity index (χ1) is 9.61. The Morgan fingerprint density at radius 1 is 1.40 bits per heavy atom. The van der Waals surface area contributed by atoms with E-state index in [4.69, 9.17) is 15.2 Å². The molecule has 1 atom stereocenters. The molecule has 0 fully saturated rings. The summed E-state index contributed by atoms with van der Waals surface area (Å²) in [6.45, 7) is 0.173. The number of rotatable bonds is 2. The molecule has 3 rings (SSSR count). The van der Waals surface area contributed by atoms with Crippen LogP contribution in [0.15, 0.2) is 23.2 Å². The average Bonchev–Trinajstić information content (AvgIpc) is 2.85. The monoisotopic (exact) mass is 293 g/mol. The molecule has 20 heavy (non-hydrogen) atoms. The van der Waals surface area contributed by atoms with Gasteiger partial charge in [-0.25, -0.2) is 0 Å². The summed E-state index contributed by atoms with van der Waals surface area (Å²) < 4.78 is 10.4. The van der Waals surface area contributed by atoms with E-state index in [0.717, 1.165) is 11.8 Å². The topological polar surface area (TPSA) is 103 Å². The second kappa shape index (κ2) is 5.04. The number of amidine groups is 1. The van der Waals surface area contributed by atoms with Crippen molar-refractivity contribution in [1.29, 1.82) is 0 Å². The van der Waals surface area contributed by atoms with Crippen LogP contribution < -0.4 is 20.5 Å². The zero-order chi connectivity index (χ0) is 14.1. The van der Waals surface area contributed by atoms with Gasteiger partial charge in [0.2, 0.25) is 18.6 Å². The van der Waals surface area contributed by atoms with Gasteiger partial charge in [0, 0.05) is 11.8 Å². The minimum Gasteiger partial charge on any atom is -0.454 e. The van der Waals surface area contributed by atoms with Crippen molar-refractivity contribution in [1.82, 2.24) is 0 Å². The molecule has 0 unspecified atom stereocenters. The Labute approximate surface area is 118 Å². The van der Waals surface area contributed by atoms with E-state index in [1.807, 2.05) is 0 Å². The molecule has 0 aliphatic carbocycles. The number of carbonyl (C=O) groups excluding carboxylic acids is 2. The van der Waals surface area contributed by atoms with Crippen molar-refractivity contribution in [3.8, 4) is 11.5 Å². The summed E-state index contributed by atoms with van der Waals surface area (Å²) in [5.41, 5.74) is 6.07. The van der Waals surface area contributed by atoms with Gasteiger partial charge in [0.1, 0.15) is 5.25 Å². The Bertz CT molecular complexity index is 617. The van der Waals surface area contributed by atoms with Gasteiger partial charge in [-0.15, -0.1) is 0 Å². The summed E-state index contributed by atoms with van der Waals surface area (Å²) in [6, 6.07) is 5.10. The summed E-state index contributed by atoms with van der Waals surface area (Å²) in [5.74, 6) is 0.546. The Balaban J connectivity index is 1.70. The van der Waals surface area contributed by atoms with E-state index < -0.39 is 5.25 Å². The number of ether oxygens (including phenoxy) is 2. The van der Waals surface area contributed by atoms with Crippen molar-refractivity contribution in [2.24, 2.45) is 10.7 Å². The summed E-state index contributed by atoms with van der Waals surface area (Å²) in [6.07, 6.45) is 0.0434. The van der Waals surface area contributed by atoms with E-state index in [-0.39, 0.29) is 30.2 Å². The Morgan fingerprint density at radius 3 is 3.00 bits per heavy atom. The van der Waals surface area contributed by atoms with Crippen LogP contribution in [0.5, 0.6) is 11.5 Å². The lowest BCUT2D eigenvalue weighted by Crippen LogP contribution is -2.33. The zero-order valence-electron chi connectivity index (χ0n) is 10.3. The first kappa shape index (κ1) is 12.8. The van der Waals surface area contributed by atoms with Crippen molar-refractivity contribution < 1.29 is 19.1 Å². The molecule has 8 heteroatoms. The predicted molar refractivity (Wildman–Crippen MR) is 73.8 cm³/mol. The molecule has 1 aromatic rings. The fourth-order valence-electron chi connectivity index (χ4n) is 1.88. The summed E-state index contributed by atoms with van der Waals surface area (Å²) in [7, 11) is 0. The summed E-state index contributed by atoms with van der Waals surface area (Å²) in [5, 5.41) is 2.28. The van der Waals surface area contributed by atoms with Gasteiger partial charge in [-0.05, 0) is 12.1 Å². The SMILES string of the molecule is NC1=NC(=O)C[C@H](C(=O)Nc2ccc3c(c2)OCO3)S1. The molecule has 2 amide bonds. The predicted octanol–water partition coefficient (Wildman–Crippen LogP) is 0.701. The smallest absolute Gasteiger partial charge is 0.249 e. The number of aliphatic imine (C=N–C) groups is 1. The van der Waals surface area contributed by atoms with Crippen LogP contribution in [0.3, 0.4) is 0 Å². The zero-order valence-corrected chi connectivity index (χ0v) is 11.1. The van der Waals surface area contributed by atoms with Crippen LogP contribution in [0, 0.1) is 0 Å². The number of fused-ring (bicyclic) bond motifs is 1. The molecule has 7 nitrogen and oxygen atoms in total. The number of amides is 2. The maximum absolute atomic E-state index is 12.1. The summed E-state index contributed by atoms with van der Waals surface area (Å²) in [4.78, 5) is 27.0. The van der Waals surface area contributed by atoms with Gasteiger partial charge in [0.05, 0.1) is 6.42 Å². The van der Waals surface area contributed by atoms with Crippen LogP contribution in [-0.2, 0) is 9.59 Å². The molecule has 0 saturated heterocycles. The van der Waals surface area contributed by atoms with Crippen LogP contribution >= 0.6 is 11.8 Å². The van der Waals surface area contributed by atoms with Crippen LogP contribution in [0.1, 0.15) is 6.42 Å². The van der Waals surface area contributed by atoms with E-state index in [1.165, 1.54) is 0 Å². The maximum atomic E-state index is 12.1. The second-order valence-corrected chi connectivity index (χ2v) is 5.43.